The Morgan fingerprint density at radius 1 is 0.735 bits per heavy atom. The maximum Gasteiger partial charge on any atom is 0.345 e. The van der Waals surface area contributed by atoms with Gasteiger partial charge < -0.3 is 14.2 Å². The number of methoxy groups -OCH3 is 3. The minimum atomic E-state index is -0.512. The highest BCUT2D eigenvalue weighted by Gasteiger charge is 2.19. The minimum absolute atomic E-state index is 0.344. The van der Waals surface area contributed by atoms with Crippen LogP contribution in [-0.2, 0) is 4.79 Å². The van der Waals surface area contributed by atoms with Crippen LogP contribution < -0.4 is 30.0 Å². The molecule has 8 heteroatoms. The molecule has 3 rings (SSSR count). The molecule has 0 aliphatic carbocycles. The third kappa shape index (κ3) is 5.66. The van der Waals surface area contributed by atoms with Crippen molar-refractivity contribution in [1.29, 1.82) is 0 Å². The Bertz CT molecular complexity index is 1120. The van der Waals surface area contributed by atoms with E-state index in [0.29, 0.717) is 39.8 Å². The number of carbonyl (C=O) groups excluding carboxylic acids is 2. The van der Waals surface area contributed by atoms with Gasteiger partial charge in [0.05, 0.1) is 32.7 Å². The van der Waals surface area contributed by atoms with Gasteiger partial charge in [0.2, 0.25) is 0 Å². The van der Waals surface area contributed by atoms with Crippen LogP contribution in [0.15, 0.2) is 78.4 Å². The van der Waals surface area contributed by atoms with Gasteiger partial charge in [0.25, 0.3) is 5.91 Å². The number of carbonyl (C=O) groups is 2. The number of amides is 3. The molecule has 0 saturated carbocycles. The molecular formula is C26H27N3O5. The van der Waals surface area contributed by atoms with E-state index in [-0.39, 0.29) is 0 Å². The van der Waals surface area contributed by atoms with Gasteiger partial charge in [0.1, 0.15) is 5.75 Å². The third-order valence-corrected chi connectivity index (χ3v) is 4.98. The zero-order valence-electron chi connectivity index (χ0n) is 19.5. The number of hydrazine groups is 1. The number of urea groups is 1. The molecule has 0 atom stereocenters. The largest absolute Gasteiger partial charge is 0.496 e. The van der Waals surface area contributed by atoms with Gasteiger partial charge in [-0.25, -0.2) is 10.2 Å². The second-order valence-corrected chi connectivity index (χ2v) is 7.17. The van der Waals surface area contributed by atoms with Gasteiger partial charge in [-0.05, 0) is 43.3 Å². The molecule has 0 aliphatic rings. The molecule has 0 saturated heterocycles. The number of hydrogen-bond donors (Lipinski definition) is 2. The van der Waals surface area contributed by atoms with E-state index >= 15 is 0 Å². The van der Waals surface area contributed by atoms with E-state index in [0.717, 1.165) is 0 Å². The molecule has 0 bridgehead atoms. The fraction of sp³-hybridized carbons (Fsp3) is 0.154. The predicted octanol–water partition coefficient (Wildman–Crippen LogP) is 4.69. The smallest absolute Gasteiger partial charge is 0.345 e. The van der Waals surface area contributed by atoms with Gasteiger partial charge in [-0.15, -0.1) is 0 Å². The lowest BCUT2D eigenvalue weighted by atomic mass is 10.1. The van der Waals surface area contributed by atoms with Crippen LogP contribution in [0.1, 0.15) is 12.5 Å². The summed E-state index contributed by atoms with van der Waals surface area (Å²) in [6, 6.07) is 21.2. The van der Waals surface area contributed by atoms with Gasteiger partial charge in [-0.1, -0.05) is 36.4 Å². The first kappa shape index (κ1) is 24.2. The highest BCUT2D eigenvalue weighted by Crippen LogP contribution is 2.35. The summed E-state index contributed by atoms with van der Waals surface area (Å²) in [6.07, 6.45) is 1.63. The molecule has 3 amide bonds. The van der Waals surface area contributed by atoms with Crippen LogP contribution in [-0.4, -0.2) is 33.3 Å². The number of nitrogens with zero attached hydrogens (tertiary/aromatic N) is 1. The molecule has 176 valence electrons. The van der Waals surface area contributed by atoms with Crippen molar-refractivity contribution >= 4 is 29.4 Å². The fourth-order valence-electron chi connectivity index (χ4n) is 3.27. The maximum atomic E-state index is 13.0. The number of nitrogens with one attached hydrogen (secondary N) is 2. The lowest BCUT2D eigenvalue weighted by Crippen LogP contribution is -2.47. The number of rotatable bonds is 7. The molecule has 0 spiro atoms. The van der Waals surface area contributed by atoms with E-state index in [2.05, 4.69) is 10.9 Å². The first-order valence-electron chi connectivity index (χ1n) is 10.5. The summed E-state index contributed by atoms with van der Waals surface area (Å²) in [5.74, 6) is 1.03. The number of para-hydroxylation sites is 2. The molecule has 3 aromatic rings. The second-order valence-electron chi connectivity index (χ2n) is 7.17. The number of anilines is 2. The highest BCUT2D eigenvalue weighted by atomic mass is 16.5. The van der Waals surface area contributed by atoms with Crippen LogP contribution in [0, 0.1) is 0 Å². The lowest BCUT2D eigenvalue weighted by molar-refractivity contribution is -0.118. The second kappa shape index (κ2) is 11.4. The topological polar surface area (TPSA) is 89.1 Å². The van der Waals surface area contributed by atoms with Gasteiger partial charge in [0.15, 0.2) is 11.5 Å². The standard InChI is InChI=1S/C26H27N3O5/c1-18(15-19-16-23(33-3)24(34-4)17-22(19)32-2)25(30)27-28-26(31)29(20-11-7-5-8-12-20)21-13-9-6-10-14-21/h5-17H,1-4H3,(H,27,30)(H,28,31). The molecule has 0 radical (unpaired) electrons. The van der Waals surface area contributed by atoms with Crippen molar-refractivity contribution in [1.82, 2.24) is 10.9 Å². The zero-order valence-corrected chi connectivity index (χ0v) is 19.5. The van der Waals surface area contributed by atoms with Gasteiger partial charge in [0, 0.05) is 17.2 Å². The molecule has 0 fully saturated rings. The molecule has 34 heavy (non-hydrogen) atoms. The molecule has 0 heterocycles. The Morgan fingerprint density at radius 3 is 1.74 bits per heavy atom. The van der Waals surface area contributed by atoms with Gasteiger partial charge in [-0.2, -0.15) is 0 Å². The van der Waals surface area contributed by atoms with E-state index in [1.54, 1.807) is 25.1 Å². The third-order valence-electron chi connectivity index (χ3n) is 4.98. The Balaban J connectivity index is 1.78. The molecular weight excluding hydrogens is 434 g/mol. The van der Waals surface area contributed by atoms with Crippen molar-refractivity contribution in [3.8, 4) is 17.2 Å². The molecule has 2 N–H and O–H groups in total. The highest BCUT2D eigenvalue weighted by molar-refractivity contribution is 6.02. The van der Waals surface area contributed by atoms with Crippen molar-refractivity contribution in [3.05, 3.63) is 83.9 Å². The first-order chi connectivity index (χ1) is 16.5. The Hall–Kier alpha value is -4.46. The summed E-state index contributed by atoms with van der Waals surface area (Å²) in [5, 5.41) is 0. The number of ether oxygens (including phenoxy) is 3. The zero-order chi connectivity index (χ0) is 24.5. The van der Waals surface area contributed by atoms with Crippen molar-refractivity contribution in [2.24, 2.45) is 0 Å². The Morgan fingerprint density at radius 2 is 1.24 bits per heavy atom. The summed E-state index contributed by atoms with van der Waals surface area (Å²) in [6.45, 7) is 1.63. The van der Waals surface area contributed by atoms with Crippen LogP contribution in [0.5, 0.6) is 17.2 Å². The number of hydrogen-bond acceptors (Lipinski definition) is 5. The van der Waals surface area contributed by atoms with Crippen LogP contribution in [0.25, 0.3) is 6.08 Å². The SMILES string of the molecule is COc1cc(OC)c(OC)cc1C=C(C)C(=O)NNC(=O)N(c1ccccc1)c1ccccc1. The predicted molar refractivity (Wildman–Crippen MR) is 131 cm³/mol. The average Bonchev–Trinajstić information content (AvgIpc) is 2.88. The molecule has 8 nitrogen and oxygen atoms in total. The minimum Gasteiger partial charge on any atom is -0.496 e. The van der Waals surface area contributed by atoms with E-state index in [9.17, 15) is 9.59 Å². The van der Waals surface area contributed by atoms with Crippen LogP contribution in [0.2, 0.25) is 0 Å². The van der Waals surface area contributed by atoms with Crippen LogP contribution >= 0.6 is 0 Å². The first-order valence-corrected chi connectivity index (χ1v) is 10.5. The van der Waals surface area contributed by atoms with Gasteiger partial charge in [-0.3, -0.25) is 15.1 Å². The summed E-state index contributed by atoms with van der Waals surface area (Å²) in [7, 11) is 4.58. The van der Waals surface area contributed by atoms with Crippen LogP contribution in [0.4, 0.5) is 16.2 Å². The normalized spacial score (nSPS) is 10.8. The van der Waals surface area contributed by atoms with Gasteiger partial charge >= 0.3 is 6.03 Å². The van der Waals surface area contributed by atoms with Crippen molar-refractivity contribution in [2.45, 2.75) is 6.92 Å². The maximum absolute atomic E-state index is 13.0. The van der Waals surface area contributed by atoms with E-state index < -0.39 is 11.9 Å². The van der Waals surface area contributed by atoms with Crippen molar-refractivity contribution in [3.63, 3.8) is 0 Å². The monoisotopic (exact) mass is 461 g/mol. The summed E-state index contributed by atoms with van der Waals surface area (Å²) in [5.41, 5.74) is 7.23. The lowest BCUT2D eigenvalue weighted by Gasteiger charge is -2.23. The molecule has 0 aliphatic heterocycles. The molecule has 0 unspecified atom stereocenters. The van der Waals surface area contributed by atoms with E-state index in [1.807, 2.05) is 60.7 Å². The summed E-state index contributed by atoms with van der Waals surface area (Å²) in [4.78, 5) is 27.2. The summed E-state index contributed by atoms with van der Waals surface area (Å²) >= 11 is 0. The quantitative estimate of drug-likeness (QED) is 0.393. The Labute approximate surface area is 198 Å². The fourth-order valence-corrected chi connectivity index (χ4v) is 3.27. The van der Waals surface area contributed by atoms with Crippen molar-refractivity contribution < 1.29 is 23.8 Å². The Kier molecular flexibility index (Phi) is 8.12. The van der Waals surface area contributed by atoms with E-state index in [4.69, 9.17) is 14.2 Å². The van der Waals surface area contributed by atoms with Crippen LogP contribution in [0.3, 0.4) is 0 Å². The van der Waals surface area contributed by atoms with Crippen molar-refractivity contribution in [2.75, 3.05) is 26.2 Å². The average molecular weight is 462 g/mol. The number of benzene rings is 3. The molecule has 3 aromatic carbocycles. The van der Waals surface area contributed by atoms with E-state index in [1.165, 1.54) is 26.2 Å². The molecule has 0 aromatic heterocycles. The summed E-state index contributed by atoms with van der Waals surface area (Å²) < 4.78 is 16.0.